The number of Topliss-reactive ketones (excluding diaryl/α,β-unsaturated/α-hetero) is 1. The molecule has 1 N–H and O–H groups in total. The zero-order valence-electron chi connectivity index (χ0n) is 6.61. The molecule has 1 atom stereocenters. The molecule has 0 amide bonds. The molecule has 0 unspecified atom stereocenters. The molecule has 0 aromatic carbocycles. The fourth-order valence-electron chi connectivity index (χ4n) is 1.43. The summed E-state index contributed by atoms with van der Waals surface area (Å²) in [6.45, 7) is 1.08. The molecule has 1 aliphatic rings. The van der Waals surface area contributed by atoms with E-state index in [0.717, 1.165) is 6.54 Å². The Bertz CT molecular complexity index is 132. The van der Waals surface area contributed by atoms with Crippen LogP contribution in [0.3, 0.4) is 0 Å². The molecule has 3 heteroatoms. The van der Waals surface area contributed by atoms with Gasteiger partial charge in [0.1, 0.15) is 5.78 Å². The zero-order chi connectivity index (χ0) is 8.10. The van der Waals surface area contributed by atoms with E-state index in [4.69, 9.17) is 0 Å². The summed E-state index contributed by atoms with van der Waals surface area (Å²) >= 11 is 3.16. The maximum atomic E-state index is 11.0. The van der Waals surface area contributed by atoms with E-state index >= 15 is 0 Å². The summed E-state index contributed by atoms with van der Waals surface area (Å²) in [6, 6.07) is 0.453. The second-order valence-electron chi connectivity index (χ2n) is 3.02. The zero-order valence-corrected chi connectivity index (χ0v) is 8.19. The van der Waals surface area contributed by atoms with Gasteiger partial charge in [-0.15, -0.1) is 0 Å². The Labute approximate surface area is 75.9 Å². The predicted octanol–water partition coefficient (Wildman–Crippen LogP) is 1.48. The van der Waals surface area contributed by atoms with Crippen LogP contribution in [-0.2, 0) is 4.79 Å². The first-order chi connectivity index (χ1) is 5.33. The molecule has 0 spiro atoms. The van der Waals surface area contributed by atoms with Crippen LogP contribution >= 0.6 is 15.9 Å². The molecule has 0 radical (unpaired) electrons. The lowest BCUT2D eigenvalue weighted by Gasteiger charge is -2.22. The van der Waals surface area contributed by atoms with Crippen LogP contribution in [0.1, 0.15) is 25.7 Å². The quantitative estimate of drug-likeness (QED) is 0.730. The molecule has 1 heterocycles. The Morgan fingerprint density at radius 3 is 2.91 bits per heavy atom. The Morgan fingerprint density at radius 1 is 1.55 bits per heavy atom. The number of piperidine rings is 1. The first-order valence-electron chi connectivity index (χ1n) is 4.14. The van der Waals surface area contributed by atoms with Crippen LogP contribution in [0.2, 0.25) is 0 Å². The normalized spacial score (nSPS) is 25.0. The predicted molar refractivity (Wildman–Crippen MR) is 49.1 cm³/mol. The lowest BCUT2D eigenvalue weighted by Crippen LogP contribution is -2.35. The summed E-state index contributed by atoms with van der Waals surface area (Å²) in [5, 5.41) is 3.85. The molecule has 0 bridgehead atoms. The van der Waals surface area contributed by atoms with Crippen LogP contribution < -0.4 is 5.32 Å². The summed E-state index contributed by atoms with van der Waals surface area (Å²) in [5.41, 5.74) is 0. The van der Waals surface area contributed by atoms with Crippen molar-refractivity contribution < 1.29 is 4.79 Å². The van der Waals surface area contributed by atoms with Crippen LogP contribution in [-0.4, -0.2) is 23.7 Å². The molecular weight excluding hydrogens is 206 g/mol. The second-order valence-corrected chi connectivity index (χ2v) is 3.58. The van der Waals surface area contributed by atoms with E-state index in [2.05, 4.69) is 21.2 Å². The third-order valence-corrected chi connectivity index (χ3v) is 2.66. The molecule has 0 aromatic heterocycles. The minimum atomic E-state index is 0.310. The van der Waals surface area contributed by atoms with Crippen molar-refractivity contribution in [2.75, 3.05) is 11.9 Å². The van der Waals surface area contributed by atoms with Gasteiger partial charge >= 0.3 is 0 Å². The van der Waals surface area contributed by atoms with E-state index in [1.165, 1.54) is 19.3 Å². The van der Waals surface area contributed by atoms with E-state index in [-0.39, 0.29) is 0 Å². The van der Waals surface area contributed by atoms with Gasteiger partial charge in [-0.05, 0) is 19.4 Å². The highest BCUT2D eigenvalue weighted by atomic mass is 79.9. The Kier molecular flexibility index (Phi) is 4.08. The van der Waals surface area contributed by atoms with E-state index in [0.29, 0.717) is 23.6 Å². The monoisotopic (exact) mass is 219 g/mol. The maximum Gasteiger partial charge on any atom is 0.144 e. The van der Waals surface area contributed by atoms with Gasteiger partial charge in [0.05, 0.1) is 5.33 Å². The van der Waals surface area contributed by atoms with Crippen molar-refractivity contribution in [3.63, 3.8) is 0 Å². The van der Waals surface area contributed by atoms with Crippen molar-refractivity contribution in [3.05, 3.63) is 0 Å². The molecule has 1 fully saturated rings. The summed E-state index contributed by atoms with van der Waals surface area (Å²) in [6.07, 6.45) is 4.40. The van der Waals surface area contributed by atoms with Crippen molar-refractivity contribution in [1.82, 2.24) is 5.32 Å². The van der Waals surface area contributed by atoms with Gasteiger partial charge in [-0.2, -0.15) is 0 Å². The number of hydrogen-bond donors (Lipinski definition) is 1. The van der Waals surface area contributed by atoms with Crippen LogP contribution in [0.25, 0.3) is 0 Å². The second kappa shape index (κ2) is 4.88. The van der Waals surface area contributed by atoms with Crippen LogP contribution in [0.5, 0.6) is 0 Å². The van der Waals surface area contributed by atoms with Gasteiger partial charge in [0, 0.05) is 12.5 Å². The van der Waals surface area contributed by atoms with Crippen LogP contribution in [0, 0.1) is 0 Å². The van der Waals surface area contributed by atoms with Crippen LogP contribution in [0.4, 0.5) is 0 Å². The molecule has 1 aliphatic heterocycles. The maximum absolute atomic E-state index is 11.0. The molecule has 2 nitrogen and oxygen atoms in total. The van der Waals surface area contributed by atoms with Crippen LogP contribution in [0.15, 0.2) is 0 Å². The van der Waals surface area contributed by atoms with Gasteiger partial charge in [0.2, 0.25) is 0 Å². The van der Waals surface area contributed by atoms with Gasteiger partial charge in [0.25, 0.3) is 0 Å². The minimum absolute atomic E-state index is 0.310. The molecule has 11 heavy (non-hydrogen) atoms. The first kappa shape index (κ1) is 9.20. The fraction of sp³-hybridized carbons (Fsp3) is 0.875. The van der Waals surface area contributed by atoms with E-state index in [9.17, 15) is 4.79 Å². The Balaban J connectivity index is 2.19. The number of hydrogen-bond acceptors (Lipinski definition) is 2. The number of ketones is 1. The third kappa shape index (κ3) is 3.34. The van der Waals surface area contributed by atoms with Gasteiger partial charge in [-0.3, -0.25) is 4.79 Å². The average Bonchev–Trinajstić information content (AvgIpc) is 2.06. The largest absolute Gasteiger partial charge is 0.314 e. The smallest absolute Gasteiger partial charge is 0.144 e. The number of alkyl halides is 1. The highest BCUT2D eigenvalue weighted by Crippen LogP contribution is 2.10. The molecule has 0 aromatic rings. The molecular formula is C8H14BrNO. The van der Waals surface area contributed by atoms with Gasteiger partial charge in [0.15, 0.2) is 0 Å². The van der Waals surface area contributed by atoms with Crippen molar-refractivity contribution in [1.29, 1.82) is 0 Å². The fourth-order valence-corrected chi connectivity index (χ4v) is 1.66. The first-order valence-corrected chi connectivity index (χ1v) is 5.26. The lowest BCUT2D eigenvalue weighted by molar-refractivity contribution is -0.117. The van der Waals surface area contributed by atoms with E-state index in [1.807, 2.05) is 0 Å². The summed E-state index contributed by atoms with van der Waals surface area (Å²) in [5.74, 6) is 0.310. The summed E-state index contributed by atoms with van der Waals surface area (Å²) < 4.78 is 0. The van der Waals surface area contributed by atoms with Gasteiger partial charge < -0.3 is 5.32 Å². The van der Waals surface area contributed by atoms with E-state index < -0.39 is 0 Å². The topological polar surface area (TPSA) is 29.1 Å². The third-order valence-electron chi connectivity index (χ3n) is 2.04. The average molecular weight is 220 g/mol. The van der Waals surface area contributed by atoms with Crippen molar-refractivity contribution in [3.8, 4) is 0 Å². The van der Waals surface area contributed by atoms with Crippen molar-refractivity contribution >= 4 is 21.7 Å². The van der Waals surface area contributed by atoms with Crippen molar-refractivity contribution in [2.24, 2.45) is 0 Å². The molecule has 64 valence electrons. The standard InChI is InChI=1S/C8H14BrNO/c9-6-8(11)5-7-3-1-2-4-10-7/h7,10H,1-6H2/t7-/m0/s1. The number of nitrogens with one attached hydrogen (secondary N) is 1. The molecule has 0 aliphatic carbocycles. The molecule has 0 saturated carbocycles. The Hall–Kier alpha value is 0.110. The van der Waals surface area contributed by atoms with Gasteiger partial charge in [-0.25, -0.2) is 0 Å². The molecule has 1 rings (SSSR count). The highest BCUT2D eigenvalue weighted by molar-refractivity contribution is 9.09. The lowest BCUT2D eigenvalue weighted by atomic mass is 10.0. The highest BCUT2D eigenvalue weighted by Gasteiger charge is 2.14. The summed E-state index contributed by atoms with van der Waals surface area (Å²) in [7, 11) is 0. The van der Waals surface area contributed by atoms with E-state index in [1.54, 1.807) is 0 Å². The SMILES string of the molecule is O=C(CBr)C[C@@H]1CCCCN1. The van der Waals surface area contributed by atoms with Crippen molar-refractivity contribution in [2.45, 2.75) is 31.7 Å². The van der Waals surface area contributed by atoms with Gasteiger partial charge in [-0.1, -0.05) is 22.4 Å². The number of carbonyl (C=O) groups is 1. The number of halogens is 1. The Morgan fingerprint density at radius 2 is 2.36 bits per heavy atom. The number of carbonyl (C=O) groups excluding carboxylic acids is 1. The summed E-state index contributed by atoms with van der Waals surface area (Å²) in [4.78, 5) is 11.0. The number of rotatable bonds is 3. The minimum Gasteiger partial charge on any atom is -0.314 e. The molecule has 1 saturated heterocycles.